The Kier molecular flexibility index (Phi) is 5.76. The molecular formula is C13H15ClIN3O2. The second kappa shape index (κ2) is 7.35. The summed E-state index contributed by atoms with van der Waals surface area (Å²) in [6.07, 6.45) is 1.32. The molecule has 2 aromatic rings. The molecule has 0 aliphatic rings. The van der Waals surface area contributed by atoms with Crippen molar-refractivity contribution in [1.82, 2.24) is 15.0 Å². The predicted octanol–water partition coefficient (Wildman–Crippen LogP) is 3.60. The van der Waals surface area contributed by atoms with Gasteiger partial charge in [-0.25, -0.2) is 4.68 Å². The Labute approximate surface area is 136 Å². The lowest BCUT2D eigenvalue weighted by molar-refractivity contribution is -0.142. The number of nitrogens with zero attached hydrogens (tertiary/aromatic N) is 3. The van der Waals surface area contributed by atoms with E-state index in [4.69, 9.17) is 21.1 Å². The Morgan fingerprint density at radius 1 is 1.30 bits per heavy atom. The van der Waals surface area contributed by atoms with Crippen LogP contribution in [0, 0.1) is 3.57 Å². The van der Waals surface area contributed by atoms with Crippen molar-refractivity contribution in [2.45, 2.75) is 20.1 Å². The van der Waals surface area contributed by atoms with Crippen LogP contribution >= 0.6 is 34.2 Å². The molecule has 0 saturated heterocycles. The smallest absolute Gasteiger partial charge is 0.204 e. The highest BCUT2D eigenvalue weighted by Crippen LogP contribution is 2.22. The van der Waals surface area contributed by atoms with Crippen LogP contribution in [0.15, 0.2) is 24.4 Å². The third-order valence-electron chi connectivity index (χ3n) is 2.55. The molecule has 0 fully saturated rings. The van der Waals surface area contributed by atoms with Crippen molar-refractivity contribution in [1.29, 1.82) is 0 Å². The first-order valence-corrected chi connectivity index (χ1v) is 7.72. The number of aromatic nitrogens is 3. The molecule has 0 saturated carbocycles. The lowest BCUT2D eigenvalue weighted by Crippen LogP contribution is -2.09. The summed E-state index contributed by atoms with van der Waals surface area (Å²) in [6.45, 7) is 4.93. The summed E-state index contributed by atoms with van der Waals surface area (Å²) >= 11 is 8.17. The SMILES string of the molecule is CCOC(OCC)c1cn(-c2ccc(Cl)cc2I)nn1. The van der Waals surface area contributed by atoms with Gasteiger partial charge in [0.05, 0.1) is 11.9 Å². The first-order chi connectivity index (χ1) is 9.65. The molecule has 0 amide bonds. The monoisotopic (exact) mass is 407 g/mol. The molecule has 0 radical (unpaired) electrons. The quantitative estimate of drug-likeness (QED) is 0.542. The normalized spacial score (nSPS) is 11.2. The van der Waals surface area contributed by atoms with E-state index >= 15 is 0 Å². The van der Waals surface area contributed by atoms with E-state index in [0.717, 1.165) is 9.26 Å². The van der Waals surface area contributed by atoms with Gasteiger partial charge >= 0.3 is 0 Å². The molecule has 1 aromatic heterocycles. The summed E-state index contributed by atoms with van der Waals surface area (Å²) in [5.41, 5.74) is 1.57. The third kappa shape index (κ3) is 3.69. The van der Waals surface area contributed by atoms with Crippen LogP contribution in [0.25, 0.3) is 5.69 Å². The van der Waals surface area contributed by atoms with Gasteiger partial charge in [0.2, 0.25) is 6.29 Å². The molecule has 0 N–H and O–H groups in total. The first-order valence-electron chi connectivity index (χ1n) is 6.26. The van der Waals surface area contributed by atoms with E-state index in [1.165, 1.54) is 0 Å². The molecule has 0 spiro atoms. The van der Waals surface area contributed by atoms with Crippen LogP contribution in [-0.4, -0.2) is 28.2 Å². The van der Waals surface area contributed by atoms with Crippen LogP contribution < -0.4 is 0 Å². The van der Waals surface area contributed by atoms with E-state index in [9.17, 15) is 0 Å². The molecule has 7 heteroatoms. The van der Waals surface area contributed by atoms with E-state index in [2.05, 4.69) is 32.9 Å². The number of benzene rings is 1. The zero-order valence-electron chi connectivity index (χ0n) is 11.2. The molecule has 0 atom stereocenters. The summed E-state index contributed by atoms with van der Waals surface area (Å²) in [7, 11) is 0. The van der Waals surface area contributed by atoms with Crippen molar-refractivity contribution < 1.29 is 9.47 Å². The standard InChI is InChI=1S/C13H15ClIN3O2/c1-3-19-13(20-4-2)11-8-18(17-16-11)12-6-5-9(14)7-10(12)15/h5-8,13H,3-4H2,1-2H3. The topological polar surface area (TPSA) is 49.2 Å². The molecule has 0 aliphatic heterocycles. The van der Waals surface area contributed by atoms with Crippen molar-refractivity contribution in [2.24, 2.45) is 0 Å². The zero-order valence-corrected chi connectivity index (χ0v) is 14.1. The minimum absolute atomic E-state index is 0.483. The highest BCUT2D eigenvalue weighted by Gasteiger charge is 2.16. The van der Waals surface area contributed by atoms with Crippen LogP contribution in [0.2, 0.25) is 5.02 Å². The minimum atomic E-state index is -0.483. The van der Waals surface area contributed by atoms with Gasteiger partial charge in [-0.2, -0.15) is 0 Å². The van der Waals surface area contributed by atoms with Crippen LogP contribution in [0.3, 0.4) is 0 Å². The minimum Gasteiger partial charge on any atom is -0.347 e. The maximum absolute atomic E-state index is 5.95. The zero-order chi connectivity index (χ0) is 14.5. The van der Waals surface area contributed by atoms with E-state index in [-0.39, 0.29) is 0 Å². The Morgan fingerprint density at radius 2 is 2.00 bits per heavy atom. The predicted molar refractivity (Wildman–Crippen MR) is 85.1 cm³/mol. The van der Waals surface area contributed by atoms with Crippen molar-refractivity contribution in [3.05, 3.63) is 38.7 Å². The van der Waals surface area contributed by atoms with Crippen LogP contribution in [0.4, 0.5) is 0 Å². The fourth-order valence-corrected chi connectivity index (χ4v) is 2.81. The highest BCUT2D eigenvalue weighted by atomic mass is 127. The number of hydrogen-bond acceptors (Lipinski definition) is 4. The number of rotatable bonds is 6. The lowest BCUT2D eigenvalue weighted by Gasteiger charge is -2.13. The molecule has 108 valence electrons. The summed E-state index contributed by atoms with van der Waals surface area (Å²) in [5, 5.41) is 8.94. The molecule has 5 nitrogen and oxygen atoms in total. The van der Waals surface area contributed by atoms with Gasteiger partial charge in [0.25, 0.3) is 0 Å². The molecule has 1 heterocycles. The Balaban J connectivity index is 2.27. The average Bonchev–Trinajstić information content (AvgIpc) is 2.88. The number of halogens is 2. The Hall–Kier alpha value is -0.700. The number of ether oxygens (including phenoxy) is 2. The molecule has 20 heavy (non-hydrogen) atoms. The first kappa shape index (κ1) is 15.7. The molecule has 0 bridgehead atoms. The van der Waals surface area contributed by atoms with Crippen LogP contribution in [0.1, 0.15) is 25.8 Å². The van der Waals surface area contributed by atoms with Crippen LogP contribution in [0.5, 0.6) is 0 Å². The average molecular weight is 408 g/mol. The largest absolute Gasteiger partial charge is 0.347 e. The summed E-state index contributed by atoms with van der Waals surface area (Å²) in [6, 6.07) is 5.60. The van der Waals surface area contributed by atoms with Gasteiger partial charge in [-0.15, -0.1) is 5.10 Å². The second-order valence-corrected chi connectivity index (χ2v) is 5.52. The van der Waals surface area contributed by atoms with Gasteiger partial charge < -0.3 is 9.47 Å². The van der Waals surface area contributed by atoms with Crippen LogP contribution in [-0.2, 0) is 9.47 Å². The molecule has 2 rings (SSSR count). The van der Waals surface area contributed by atoms with Crippen molar-refractivity contribution in [2.75, 3.05) is 13.2 Å². The Bertz CT molecular complexity index is 570. The van der Waals surface area contributed by atoms with Gasteiger partial charge in [0, 0.05) is 21.8 Å². The second-order valence-electron chi connectivity index (χ2n) is 3.93. The fourth-order valence-electron chi connectivity index (χ4n) is 1.69. The van der Waals surface area contributed by atoms with E-state index in [1.807, 2.05) is 32.0 Å². The van der Waals surface area contributed by atoms with Crippen molar-refractivity contribution in [3.8, 4) is 5.69 Å². The van der Waals surface area contributed by atoms with Gasteiger partial charge in [0.15, 0.2) is 0 Å². The summed E-state index contributed by atoms with van der Waals surface area (Å²) in [4.78, 5) is 0. The van der Waals surface area contributed by atoms with Crippen molar-refractivity contribution >= 4 is 34.2 Å². The molecule has 0 unspecified atom stereocenters. The maximum Gasteiger partial charge on any atom is 0.204 e. The lowest BCUT2D eigenvalue weighted by atomic mass is 10.3. The van der Waals surface area contributed by atoms with Gasteiger partial charge in [0.1, 0.15) is 5.69 Å². The van der Waals surface area contributed by atoms with Gasteiger partial charge in [-0.05, 0) is 54.6 Å². The molecule has 0 aliphatic carbocycles. The van der Waals surface area contributed by atoms with Crippen molar-refractivity contribution in [3.63, 3.8) is 0 Å². The third-order valence-corrected chi connectivity index (χ3v) is 3.64. The van der Waals surface area contributed by atoms with Gasteiger partial charge in [-0.1, -0.05) is 16.8 Å². The summed E-state index contributed by atoms with van der Waals surface area (Å²) < 4.78 is 13.7. The van der Waals surface area contributed by atoms with E-state index < -0.39 is 6.29 Å². The summed E-state index contributed by atoms with van der Waals surface area (Å²) in [5.74, 6) is 0. The van der Waals surface area contributed by atoms with Gasteiger partial charge in [-0.3, -0.25) is 0 Å². The number of hydrogen-bond donors (Lipinski definition) is 0. The Morgan fingerprint density at radius 3 is 2.60 bits per heavy atom. The highest BCUT2D eigenvalue weighted by molar-refractivity contribution is 14.1. The molecule has 1 aromatic carbocycles. The van der Waals surface area contributed by atoms with E-state index in [1.54, 1.807) is 10.9 Å². The van der Waals surface area contributed by atoms with E-state index in [0.29, 0.717) is 23.9 Å². The molecular weight excluding hydrogens is 393 g/mol. The maximum atomic E-state index is 5.95. The fraction of sp³-hybridized carbons (Fsp3) is 0.385.